The molecule has 1 fully saturated rings. The minimum atomic E-state index is 0.573. The van der Waals surface area contributed by atoms with Crippen molar-refractivity contribution in [2.24, 2.45) is 10.8 Å². The first-order chi connectivity index (χ1) is 4.36. The summed E-state index contributed by atoms with van der Waals surface area (Å²) in [6, 6.07) is 0. The minimum Gasteiger partial charge on any atom is -0.0815 e. The van der Waals surface area contributed by atoms with E-state index in [0.717, 1.165) is 3.92 Å². The first-order valence-corrected chi connectivity index (χ1v) is 5.25. The molecule has 0 aromatic rings. The molecule has 0 N–H and O–H groups in total. The third kappa shape index (κ3) is 1.34. The molecular weight excluding hydrogens is 235 g/mol. The SMILES string of the molecule is CC1(C)CCC(C)(C)C1I. The van der Waals surface area contributed by atoms with Crippen molar-refractivity contribution in [1.29, 1.82) is 0 Å². The molecule has 1 rings (SSSR count). The summed E-state index contributed by atoms with van der Waals surface area (Å²) in [6.07, 6.45) is 2.79. The Labute approximate surface area is 77.9 Å². The van der Waals surface area contributed by atoms with E-state index in [2.05, 4.69) is 50.3 Å². The Kier molecular flexibility index (Phi) is 2.08. The minimum absolute atomic E-state index is 0.573. The molecule has 0 unspecified atom stereocenters. The van der Waals surface area contributed by atoms with Crippen molar-refractivity contribution in [2.45, 2.75) is 44.5 Å². The zero-order valence-corrected chi connectivity index (χ0v) is 9.53. The Morgan fingerprint density at radius 3 is 1.40 bits per heavy atom. The van der Waals surface area contributed by atoms with E-state index in [1.54, 1.807) is 0 Å². The van der Waals surface area contributed by atoms with Crippen LogP contribution in [0.2, 0.25) is 0 Å². The molecule has 60 valence electrons. The van der Waals surface area contributed by atoms with Gasteiger partial charge in [0.2, 0.25) is 0 Å². The summed E-state index contributed by atoms with van der Waals surface area (Å²) in [5, 5.41) is 0. The fourth-order valence-electron chi connectivity index (χ4n) is 1.96. The van der Waals surface area contributed by atoms with Gasteiger partial charge in [0.15, 0.2) is 0 Å². The number of halogens is 1. The highest BCUT2D eigenvalue weighted by Crippen LogP contribution is 2.52. The smallest absolute Gasteiger partial charge is 0.0212 e. The second-order valence-electron chi connectivity index (χ2n) is 4.84. The van der Waals surface area contributed by atoms with E-state index in [1.807, 2.05) is 0 Å². The molecule has 0 atom stereocenters. The van der Waals surface area contributed by atoms with Crippen molar-refractivity contribution in [2.75, 3.05) is 0 Å². The molecule has 1 heteroatoms. The summed E-state index contributed by atoms with van der Waals surface area (Å²) in [5.74, 6) is 0. The molecule has 0 radical (unpaired) electrons. The summed E-state index contributed by atoms with van der Waals surface area (Å²) < 4.78 is 0.845. The van der Waals surface area contributed by atoms with Crippen LogP contribution < -0.4 is 0 Å². The molecule has 0 saturated heterocycles. The normalized spacial score (nSPS) is 30.9. The Balaban J connectivity index is 2.77. The van der Waals surface area contributed by atoms with E-state index in [0.29, 0.717) is 10.8 Å². The van der Waals surface area contributed by atoms with Crippen LogP contribution in [0.3, 0.4) is 0 Å². The molecule has 1 aliphatic carbocycles. The van der Waals surface area contributed by atoms with Crippen molar-refractivity contribution in [3.8, 4) is 0 Å². The van der Waals surface area contributed by atoms with E-state index in [4.69, 9.17) is 0 Å². The van der Waals surface area contributed by atoms with Crippen molar-refractivity contribution in [1.82, 2.24) is 0 Å². The molecule has 0 nitrogen and oxygen atoms in total. The molecule has 0 spiro atoms. The lowest BCUT2D eigenvalue weighted by atomic mass is 9.85. The number of rotatable bonds is 0. The number of hydrogen-bond donors (Lipinski definition) is 0. The first-order valence-electron chi connectivity index (χ1n) is 4.00. The van der Waals surface area contributed by atoms with E-state index in [1.165, 1.54) is 12.8 Å². The van der Waals surface area contributed by atoms with Gasteiger partial charge in [0.1, 0.15) is 0 Å². The predicted octanol–water partition coefficient (Wildman–Crippen LogP) is 3.64. The van der Waals surface area contributed by atoms with Gasteiger partial charge in [-0.1, -0.05) is 50.3 Å². The number of hydrogen-bond acceptors (Lipinski definition) is 0. The van der Waals surface area contributed by atoms with Crippen LogP contribution in [0, 0.1) is 10.8 Å². The highest BCUT2D eigenvalue weighted by atomic mass is 127. The molecular formula is C9H17I. The highest BCUT2D eigenvalue weighted by molar-refractivity contribution is 14.1. The molecule has 1 aliphatic rings. The van der Waals surface area contributed by atoms with Gasteiger partial charge < -0.3 is 0 Å². The largest absolute Gasteiger partial charge is 0.0815 e. The van der Waals surface area contributed by atoms with Gasteiger partial charge >= 0.3 is 0 Å². The third-order valence-electron chi connectivity index (χ3n) is 2.79. The van der Waals surface area contributed by atoms with Crippen molar-refractivity contribution in [3.05, 3.63) is 0 Å². The lowest BCUT2D eigenvalue weighted by molar-refractivity contribution is 0.336. The third-order valence-corrected chi connectivity index (χ3v) is 6.16. The predicted molar refractivity (Wildman–Crippen MR) is 54.6 cm³/mol. The second-order valence-corrected chi connectivity index (χ2v) is 6.09. The van der Waals surface area contributed by atoms with E-state index in [-0.39, 0.29) is 0 Å². The molecule has 10 heavy (non-hydrogen) atoms. The molecule has 0 bridgehead atoms. The van der Waals surface area contributed by atoms with Crippen LogP contribution in [0.15, 0.2) is 0 Å². The van der Waals surface area contributed by atoms with Crippen LogP contribution in [-0.4, -0.2) is 3.92 Å². The Bertz CT molecular complexity index is 120. The van der Waals surface area contributed by atoms with Gasteiger partial charge in [-0.15, -0.1) is 0 Å². The van der Waals surface area contributed by atoms with E-state index < -0.39 is 0 Å². The van der Waals surface area contributed by atoms with Crippen molar-refractivity contribution in [3.63, 3.8) is 0 Å². The van der Waals surface area contributed by atoms with Gasteiger partial charge in [0.05, 0.1) is 0 Å². The lowest BCUT2D eigenvalue weighted by Gasteiger charge is -2.29. The summed E-state index contributed by atoms with van der Waals surface area (Å²) >= 11 is 2.62. The monoisotopic (exact) mass is 252 g/mol. The van der Waals surface area contributed by atoms with Gasteiger partial charge in [0.25, 0.3) is 0 Å². The molecule has 0 aromatic heterocycles. The highest BCUT2D eigenvalue weighted by Gasteiger charge is 2.44. The molecule has 0 aliphatic heterocycles. The van der Waals surface area contributed by atoms with Crippen LogP contribution in [-0.2, 0) is 0 Å². The zero-order chi connectivity index (χ0) is 7.99. The van der Waals surface area contributed by atoms with Gasteiger partial charge in [-0.05, 0) is 23.7 Å². The maximum absolute atomic E-state index is 2.62. The second kappa shape index (κ2) is 2.36. The van der Waals surface area contributed by atoms with Gasteiger partial charge in [0, 0.05) is 3.92 Å². The average molecular weight is 252 g/mol. The van der Waals surface area contributed by atoms with Gasteiger partial charge in [-0.25, -0.2) is 0 Å². The lowest BCUT2D eigenvalue weighted by Crippen LogP contribution is -2.27. The Hall–Kier alpha value is 0.730. The van der Waals surface area contributed by atoms with E-state index >= 15 is 0 Å². The van der Waals surface area contributed by atoms with Crippen LogP contribution in [0.25, 0.3) is 0 Å². The van der Waals surface area contributed by atoms with Crippen LogP contribution in [0.5, 0.6) is 0 Å². The number of alkyl halides is 1. The van der Waals surface area contributed by atoms with Crippen LogP contribution >= 0.6 is 22.6 Å². The zero-order valence-electron chi connectivity index (χ0n) is 7.37. The molecule has 0 amide bonds. The standard InChI is InChI=1S/C9H17I/c1-8(2)5-6-9(3,4)7(8)10/h7H,5-6H2,1-4H3. The Morgan fingerprint density at radius 2 is 1.30 bits per heavy atom. The first kappa shape index (κ1) is 8.82. The van der Waals surface area contributed by atoms with Crippen LogP contribution in [0.1, 0.15) is 40.5 Å². The summed E-state index contributed by atoms with van der Waals surface area (Å²) in [4.78, 5) is 0. The van der Waals surface area contributed by atoms with Gasteiger partial charge in [-0.3, -0.25) is 0 Å². The topological polar surface area (TPSA) is 0 Å². The molecule has 0 aromatic carbocycles. The fourth-order valence-corrected chi connectivity index (χ4v) is 2.58. The average Bonchev–Trinajstić information content (AvgIpc) is 1.95. The van der Waals surface area contributed by atoms with Crippen LogP contribution in [0.4, 0.5) is 0 Å². The molecule has 1 saturated carbocycles. The Morgan fingerprint density at radius 1 is 1.00 bits per heavy atom. The van der Waals surface area contributed by atoms with E-state index in [9.17, 15) is 0 Å². The van der Waals surface area contributed by atoms with Crippen molar-refractivity contribution >= 4 is 22.6 Å². The summed E-state index contributed by atoms with van der Waals surface area (Å²) in [6.45, 7) is 9.55. The quantitative estimate of drug-likeness (QED) is 0.456. The summed E-state index contributed by atoms with van der Waals surface area (Å²) in [7, 11) is 0. The van der Waals surface area contributed by atoms with Gasteiger partial charge in [-0.2, -0.15) is 0 Å². The fraction of sp³-hybridized carbons (Fsp3) is 1.00. The maximum atomic E-state index is 2.62. The maximum Gasteiger partial charge on any atom is 0.0212 e. The van der Waals surface area contributed by atoms with Crippen molar-refractivity contribution < 1.29 is 0 Å². The molecule has 0 heterocycles. The summed E-state index contributed by atoms with van der Waals surface area (Å²) in [5.41, 5.74) is 1.15.